The molecule has 2 rings (SSSR count). The van der Waals surface area contributed by atoms with Gasteiger partial charge in [0.1, 0.15) is 0 Å². The average molecular weight is 265 g/mol. The lowest BCUT2D eigenvalue weighted by atomic mass is 9.81. The van der Waals surface area contributed by atoms with Gasteiger partial charge < -0.3 is 0 Å². The van der Waals surface area contributed by atoms with E-state index in [1.807, 2.05) is 0 Å². The predicted octanol–water partition coefficient (Wildman–Crippen LogP) is 3.38. The first-order valence-electron chi connectivity index (χ1n) is 8.04. The third kappa shape index (κ3) is 3.01. The third-order valence-corrected chi connectivity index (χ3v) is 4.92. The molecule has 3 atom stereocenters. The van der Waals surface area contributed by atoms with Crippen molar-refractivity contribution in [2.24, 2.45) is 17.8 Å². The first-order chi connectivity index (χ1) is 9.19. The van der Waals surface area contributed by atoms with Gasteiger partial charge >= 0.3 is 0 Å². The Morgan fingerprint density at radius 2 is 1.68 bits per heavy atom. The van der Waals surface area contributed by atoms with Gasteiger partial charge in [-0.25, -0.2) is 0 Å². The van der Waals surface area contributed by atoms with Crippen LogP contribution in [0.3, 0.4) is 0 Å². The van der Waals surface area contributed by atoms with Crippen LogP contribution >= 0.6 is 0 Å². The van der Waals surface area contributed by atoms with E-state index in [1.165, 1.54) is 12.8 Å². The average Bonchev–Trinajstić information content (AvgIpc) is 2.68. The van der Waals surface area contributed by atoms with Gasteiger partial charge in [-0.3, -0.25) is 14.5 Å². The summed E-state index contributed by atoms with van der Waals surface area (Å²) < 4.78 is 0. The van der Waals surface area contributed by atoms with Gasteiger partial charge in [0, 0.05) is 6.54 Å². The Balaban J connectivity index is 1.99. The van der Waals surface area contributed by atoms with Crippen molar-refractivity contribution in [2.75, 3.05) is 6.54 Å². The van der Waals surface area contributed by atoms with Crippen LogP contribution in [0.1, 0.15) is 65.2 Å². The van der Waals surface area contributed by atoms with E-state index in [0.29, 0.717) is 12.5 Å². The maximum absolute atomic E-state index is 12.4. The number of imide groups is 1. The maximum atomic E-state index is 12.4. The van der Waals surface area contributed by atoms with Crippen molar-refractivity contribution in [2.45, 2.75) is 65.2 Å². The Hall–Kier alpha value is -0.860. The maximum Gasteiger partial charge on any atom is 0.233 e. The van der Waals surface area contributed by atoms with Crippen molar-refractivity contribution in [1.82, 2.24) is 4.90 Å². The van der Waals surface area contributed by atoms with Gasteiger partial charge in [0.05, 0.1) is 11.8 Å². The highest BCUT2D eigenvalue weighted by atomic mass is 16.2. The van der Waals surface area contributed by atoms with Crippen molar-refractivity contribution in [3.05, 3.63) is 0 Å². The summed E-state index contributed by atoms with van der Waals surface area (Å²) in [6.07, 6.45) is 8.66. The van der Waals surface area contributed by atoms with Crippen molar-refractivity contribution in [1.29, 1.82) is 0 Å². The van der Waals surface area contributed by atoms with E-state index >= 15 is 0 Å². The Morgan fingerprint density at radius 1 is 1.11 bits per heavy atom. The van der Waals surface area contributed by atoms with Gasteiger partial charge in [-0.15, -0.1) is 0 Å². The highest BCUT2D eigenvalue weighted by Gasteiger charge is 2.48. The minimum absolute atomic E-state index is 0.0185. The van der Waals surface area contributed by atoms with Gasteiger partial charge in [0.15, 0.2) is 0 Å². The molecule has 1 saturated heterocycles. The first kappa shape index (κ1) is 14.5. The molecule has 0 spiro atoms. The normalized spacial score (nSPS) is 28.6. The molecule has 0 aromatic heterocycles. The van der Waals surface area contributed by atoms with Crippen LogP contribution in [0.2, 0.25) is 0 Å². The predicted molar refractivity (Wildman–Crippen MR) is 75.5 cm³/mol. The Bertz CT molecular complexity index is 316. The van der Waals surface area contributed by atoms with Crippen molar-refractivity contribution < 1.29 is 9.59 Å². The second-order valence-corrected chi connectivity index (χ2v) is 6.20. The molecule has 0 N–H and O–H groups in total. The highest BCUT2D eigenvalue weighted by Crippen LogP contribution is 2.38. The molecule has 3 heteroatoms. The molecule has 2 amide bonds. The number of amides is 2. The summed E-state index contributed by atoms with van der Waals surface area (Å²) in [7, 11) is 0. The van der Waals surface area contributed by atoms with Crippen molar-refractivity contribution >= 4 is 11.8 Å². The lowest BCUT2D eigenvalue weighted by Gasteiger charge is -2.21. The molecule has 0 radical (unpaired) electrons. The van der Waals surface area contributed by atoms with E-state index in [9.17, 15) is 9.59 Å². The number of nitrogens with zero attached hydrogens (tertiary/aromatic N) is 1. The van der Waals surface area contributed by atoms with Crippen LogP contribution in [-0.4, -0.2) is 23.3 Å². The number of rotatable bonds is 6. The van der Waals surface area contributed by atoms with Crippen LogP contribution in [0.15, 0.2) is 0 Å². The van der Waals surface area contributed by atoms with Crippen LogP contribution in [0, 0.1) is 17.8 Å². The van der Waals surface area contributed by atoms with Crippen LogP contribution in [0.4, 0.5) is 0 Å². The Kier molecular flexibility index (Phi) is 5.00. The zero-order valence-corrected chi connectivity index (χ0v) is 12.4. The number of hydrogen-bond donors (Lipinski definition) is 0. The number of carbonyl (C=O) groups excluding carboxylic acids is 2. The molecule has 2 fully saturated rings. The molecule has 1 saturated carbocycles. The van der Waals surface area contributed by atoms with Crippen molar-refractivity contribution in [3.8, 4) is 0 Å². The standard InChI is InChI=1S/C16H27NO2/c1-3-5-8-12(4-2)11-17-15(18)13-9-6-7-10-14(13)16(17)19/h12-14H,3-11H2,1-2H3. The highest BCUT2D eigenvalue weighted by molar-refractivity contribution is 6.05. The van der Waals surface area contributed by atoms with E-state index in [2.05, 4.69) is 13.8 Å². The van der Waals surface area contributed by atoms with Crippen LogP contribution in [-0.2, 0) is 9.59 Å². The number of hydrogen-bond acceptors (Lipinski definition) is 2. The summed E-state index contributed by atoms with van der Waals surface area (Å²) >= 11 is 0. The van der Waals surface area contributed by atoms with Crippen LogP contribution < -0.4 is 0 Å². The van der Waals surface area contributed by atoms with Crippen LogP contribution in [0.25, 0.3) is 0 Å². The topological polar surface area (TPSA) is 37.4 Å². The Morgan fingerprint density at radius 3 is 2.16 bits per heavy atom. The molecular weight excluding hydrogens is 238 g/mol. The van der Waals surface area contributed by atoms with Crippen molar-refractivity contribution in [3.63, 3.8) is 0 Å². The summed E-state index contributed by atoms with van der Waals surface area (Å²) in [5.74, 6) is 0.789. The van der Waals surface area contributed by atoms with E-state index in [1.54, 1.807) is 4.90 Å². The van der Waals surface area contributed by atoms with Crippen LogP contribution in [0.5, 0.6) is 0 Å². The minimum atomic E-state index is 0.0185. The molecular formula is C16H27NO2. The van der Waals surface area contributed by atoms with E-state index in [4.69, 9.17) is 0 Å². The molecule has 19 heavy (non-hydrogen) atoms. The van der Waals surface area contributed by atoms with E-state index in [-0.39, 0.29) is 23.7 Å². The third-order valence-electron chi connectivity index (χ3n) is 4.92. The molecule has 0 aromatic rings. The lowest BCUT2D eigenvalue weighted by molar-refractivity contribution is -0.140. The summed E-state index contributed by atoms with van der Waals surface area (Å²) in [5.41, 5.74) is 0. The molecule has 2 aliphatic rings. The lowest BCUT2D eigenvalue weighted by Crippen LogP contribution is -2.35. The quantitative estimate of drug-likeness (QED) is 0.690. The first-order valence-corrected chi connectivity index (χ1v) is 8.04. The summed E-state index contributed by atoms with van der Waals surface area (Å²) in [6.45, 7) is 5.02. The van der Waals surface area contributed by atoms with Gasteiger partial charge in [-0.05, 0) is 25.2 Å². The summed E-state index contributed by atoms with van der Waals surface area (Å²) in [6, 6.07) is 0. The number of unbranched alkanes of at least 4 members (excludes halogenated alkanes) is 1. The molecule has 3 unspecified atom stereocenters. The molecule has 1 aliphatic heterocycles. The number of likely N-dealkylation sites (tertiary alicyclic amines) is 1. The van der Waals surface area contributed by atoms with Gasteiger partial charge in [-0.1, -0.05) is 46.0 Å². The number of carbonyl (C=O) groups is 2. The molecule has 1 aliphatic carbocycles. The fraction of sp³-hybridized carbons (Fsp3) is 0.875. The van der Waals surface area contributed by atoms with Gasteiger partial charge in [0.2, 0.25) is 11.8 Å². The SMILES string of the molecule is CCCCC(CC)CN1C(=O)C2CCCCC2C1=O. The Labute approximate surface area is 116 Å². The number of fused-ring (bicyclic) bond motifs is 1. The van der Waals surface area contributed by atoms with Gasteiger partial charge in [-0.2, -0.15) is 0 Å². The summed E-state index contributed by atoms with van der Waals surface area (Å²) in [4.78, 5) is 26.4. The fourth-order valence-corrected chi connectivity index (χ4v) is 3.59. The molecule has 0 aromatic carbocycles. The molecule has 3 nitrogen and oxygen atoms in total. The second kappa shape index (κ2) is 6.53. The van der Waals surface area contributed by atoms with E-state index in [0.717, 1.165) is 38.5 Å². The monoisotopic (exact) mass is 265 g/mol. The fourth-order valence-electron chi connectivity index (χ4n) is 3.59. The second-order valence-electron chi connectivity index (χ2n) is 6.20. The minimum Gasteiger partial charge on any atom is -0.282 e. The molecule has 1 heterocycles. The molecule has 0 bridgehead atoms. The smallest absolute Gasteiger partial charge is 0.233 e. The van der Waals surface area contributed by atoms with E-state index < -0.39 is 0 Å². The largest absolute Gasteiger partial charge is 0.282 e. The molecule has 108 valence electrons. The summed E-state index contributed by atoms with van der Waals surface area (Å²) in [5, 5.41) is 0. The zero-order valence-electron chi connectivity index (χ0n) is 12.4. The zero-order chi connectivity index (χ0) is 13.8. The van der Waals surface area contributed by atoms with Gasteiger partial charge in [0.25, 0.3) is 0 Å².